The van der Waals surface area contributed by atoms with Gasteiger partial charge < -0.3 is 25.2 Å². The summed E-state index contributed by atoms with van der Waals surface area (Å²) in [6.45, 7) is 2.41. The molecule has 0 saturated carbocycles. The molecule has 1 amide bonds. The van der Waals surface area contributed by atoms with Gasteiger partial charge in [0.1, 0.15) is 12.7 Å². The van der Waals surface area contributed by atoms with E-state index in [4.69, 9.17) is 13.8 Å². The van der Waals surface area contributed by atoms with E-state index in [2.05, 4.69) is 79.9 Å². The van der Waals surface area contributed by atoms with Crippen LogP contribution >= 0.6 is 7.82 Å². The largest absolute Gasteiger partial charge is 0.480 e. The van der Waals surface area contributed by atoms with E-state index >= 15 is 0 Å². The van der Waals surface area contributed by atoms with Crippen LogP contribution in [0.2, 0.25) is 0 Å². The number of hydrogen-bond acceptors (Lipinski definition) is 8. The molecule has 0 spiro atoms. The number of esters is 1. The highest BCUT2D eigenvalue weighted by Gasteiger charge is 2.28. The summed E-state index contributed by atoms with van der Waals surface area (Å²) in [6.07, 6.45) is 41.1. The number of carboxylic acids is 1. The normalized spacial score (nSPS) is 14.4. The summed E-state index contributed by atoms with van der Waals surface area (Å²) in [4.78, 5) is 45.7. The van der Waals surface area contributed by atoms with Gasteiger partial charge in [-0.25, -0.2) is 9.36 Å². The Morgan fingerprint density at radius 2 is 1.07 bits per heavy atom. The Morgan fingerprint density at radius 3 is 1.61 bits per heavy atom. The van der Waals surface area contributed by atoms with E-state index in [9.17, 15) is 34.1 Å². The molecule has 11 nitrogen and oxygen atoms in total. The number of aliphatic hydroxyl groups excluding tert-OH is 1. The van der Waals surface area contributed by atoms with E-state index in [1.165, 1.54) is 32.1 Å². The number of hydrogen-bond donors (Lipinski definition) is 4. The average Bonchev–Trinajstić information content (AvgIpc) is 3.14. The van der Waals surface area contributed by atoms with Crippen LogP contribution in [0, 0.1) is 0 Å². The zero-order valence-electron chi connectivity index (χ0n) is 33.3. The maximum Gasteiger partial charge on any atom is 0.472 e. The molecular weight excluding hydrogens is 709 g/mol. The van der Waals surface area contributed by atoms with Gasteiger partial charge >= 0.3 is 19.8 Å². The predicted octanol–water partition coefficient (Wildman–Crippen LogP) is 10.00. The summed E-state index contributed by atoms with van der Waals surface area (Å²) in [5, 5.41) is 21.7. The van der Waals surface area contributed by atoms with Crippen LogP contribution in [-0.4, -0.2) is 64.9 Å². The molecule has 310 valence electrons. The number of phosphoric acid groups is 1. The third-order valence-corrected chi connectivity index (χ3v) is 9.27. The number of amides is 1. The van der Waals surface area contributed by atoms with Gasteiger partial charge in [0.15, 0.2) is 6.04 Å². The molecule has 0 aliphatic carbocycles. The number of carbonyl (C=O) groups excluding carboxylic acids is 2. The molecule has 54 heavy (non-hydrogen) atoms. The standard InChI is InChI=1S/C42H72NO10P/c1-3-5-7-9-11-13-14-15-16-17-18-19-20-21-22-23-24-26-27-29-31-33-40(45)43-39(42(47)48)37-53-54(49,50)52-36-38(44)35-51-41(46)34-32-30-28-25-12-10-8-6-4-2/h5,7,11,13,15-16,18-19,21-22,38-39,44H,3-4,6,8-10,12,14,17,20,23-37H2,1-2H3,(H,43,45)(H,47,48)(H,49,50)/b7-5-,13-11-,16-15-,19-18-,22-21-. The number of ether oxygens (including phenoxy) is 1. The van der Waals surface area contributed by atoms with Gasteiger partial charge in [0.05, 0.1) is 13.2 Å². The second kappa shape index (κ2) is 37.1. The molecule has 3 unspecified atom stereocenters. The van der Waals surface area contributed by atoms with Crippen molar-refractivity contribution in [1.82, 2.24) is 5.32 Å². The Morgan fingerprint density at radius 1 is 0.611 bits per heavy atom. The number of phosphoric ester groups is 1. The number of aliphatic hydroxyl groups is 1. The summed E-state index contributed by atoms with van der Waals surface area (Å²) >= 11 is 0. The predicted molar refractivity (Wildman–Crippen MR) is 217 cm³/mol. The third kappa shape index (κ3) is 36.2. The zero-order chi connectivity index (χ0) is 40.0. The molecular formula is C42H72NO10P. The van der Waals surface area contributed by atoms with Crippen molar-refractivity contribution in [2.75, 3.05) is 19.8 Å². The Hall–Kier alpha value is -2.82. The van der Waals surface area contributed by atoms with Crippen LogP contribution in [0.5, 0.6) is 0 Å². The first-order valence-electron chi connectivity index (χ1n) is 20.3. The summed E-state index contributed by atoms with van der Waals surface area (Å²) in [6, 6.07) is -1.56. The Labute approximate surface area is 326 Å². The molecule has 0 aromatic carbocycles. The SMILES string of the molecule is CC/C=C\C/C=C\C/C=C\C/C=C\C/C=C\CCCCCCCC(=O)NC(COP(=O)(O)OCC(O)COC(=O)CCCCCCCCCCC)C(=O)O. The van der Waals surface area contributed by atoms with E-state index in [0.717, 1.165) is 83.5 Å². The minimum absolute atomic E-state index is 0.121. The first-order chi connectivity index (χ1) is 26.1. The Balaban J connectivity index is 3.99. The molecule has 0 heterocycles. The molecule has 0 aliphatic rings. The van der Waals surface area contributed by atoms with E-state index in [1.807, 2.05) is 0 Å². The monoisotopic (exact) mass is 781 g/mol. The van der Waals surface area contributed by atoms with Crippen molar-refractivity contribution < 1.29 is 47.8 Å². The van der Waals surface area contributed by atoms with Crippen molar-refractivity contribution >= 4 is 25.7 Å². The molecule has 0 bridgehead atoms. The highest BCUT2D eigenvalue weighted by molar-refractivity contribution is 7.47. The van der Waals surface area contributed by atoms with Gasteiger partial charge in [-0.1, -0.05) is 145 Å². The van der Waals surface area contributed by atoms with Crippen LogP contribution in [0.15, 0.2) is 60.8 Å². The molecule has 0 aromatic heterocycles. The molecule has 0 fully saturated rings. The lowest BCUT2D eigenvalue weighted by Crippen LogP contribution is -2.43. The molecule has 3 atom stereocenters. The van der Waals surface area contributed by atoms with Gasteiger partial charge in [-0.2, -0.15) is 0 Å². The molecule has 0 rings (SSSR count). The van der Waals surface area contributed by atoms with Crippen molar-refractivity contribution in [3.63, 3.8) is 0 Å². The first-order valence-corrected chi connectivity index (χ1v) is 21.8. The number of rotatable bonds is 37. The van der Waals surface area contributed by atoms with Gasteiger partial charge in [0.2, 0.25) is 5.91 Å². The fraction of sp³-hybridized carbons (Fsp3) is 0.690. The van der Waals surface area contributed by atoms with Gasteiger partial charge in [0.25, 0.3) is 0 Å². The van der Waals surface area contributed by atoms with Crippen LogP contribution in [0.4, 0.5) is 0 Å². The van der Waals surface area contributed by atoms with Crippen LogP contribution in [-0.2, 0) is 32.7 Å². The number of carbonyl (C=O) groups is 3. The summed E-state index contributed by atoms with van der Waals surface area (Å²) in [5.74, 6) is -2.41. The minimum atomic E-state index is -4.76. The Bertz CT molecular complexity index is 1150. The van der Waals surface area contributed by atoms with E-state index in [0.29, 0.717) is 12.8 Å². The molecule has 0 saturated heterocycles. The van der Waals surface area contributed by atoms with Gasteiger partial charge in [-0.15, -0.1) is 0 Å². The van der Waals surface area contributed by atoms with E-state index in [1.54, 1.807) is 0 Å². The average molecular weight is 782 g/mol. The second-order valence-corrected chi connectivity index (χ2v) is 14.9. The van der Waals surface area contributed by atoms with Crippen molar-refractivity contribution in [2.45, 2.75) is 167 Å². The Kier molecular flexibility index (Phi) is 35.2. The number of aliphatic carboxylic acids is 1. The summed E-state index contributed by atoms with van der Waals surface area (Å²) in [5.41, 5.74) is 0. The minimum Gasteiger partial charge on any atom is -0.480 e. The number of carboxylic acid groups (broad SMARTS) is 1. The maximum absolute atomic E-state index is 12.3. The quantitative estimate of drug-likeness (QED) is 0.0206. The number of unbranched alkanes of at least 4 members (excludes halogenated alkanes) is 13. The molecule has 4 N–H and O–H groups in total. The topological polar surface area (TPSA) is 169 Å². The smallest absolute Gasteiger partial charge is 0.472 e. The third-order valence-electron chi connectivity index (χ3n) is 8.32. The van der Waals surface area contributed by atoms with Crippen molar-refractivity contribution in [3.05, 3.63) is 60.8 Å². The van der Waals surface area contributed by atoms with Gasteiger partial charge in [-0.3, -0.25) is 18.6 Å². The van der Waals surface area contributed by atoms with Crippen molar-refractivity contribution in [2.24, 2.45) is 0 Å². The second-order valence-electron chi connectivity index (χ2n) is 13.4. The maximum atomic E-state index is 12.3. The number of allylic oxidation sites excluding steroid dienone is 10. The fourth-order valence-corrected chi connectivity index (χ4v) is 5.94. The van der Waals surface area contributed by atoms with Gasteiger partial charge in [-0.05, 0) is 57.8 Å². The van der Waals surface area contributed by atoms with Crippen molar-refractivity contribution in [3.8, 4) is 0 Å². The van der Waals surface area contributed by atoms with Gasteiger partial charge in [0, 0.05) is 12.8 Å². The molecule has 0 aromatic rings. The molecule has 0 aliphatic heterocycles. The lowest BCUT2D eigenvalue weighted by Gasteiger charge is -2.18. The van der Waals surface area contributed by atoms with Crippen LogP contribution < -0.4 is 5.32 Å². The lowest BCUT2D eigenvalue weighted by atomic mass is 10.1. The van der Waals surface area contributed by atoms with E-state index in [-0.39, 0.29) is 12.8 Å². The van der Waals surface area contributed by atoms with E-state index < -0.39 is 57.6 Å². The highest BCUT2D eigenvalue weighted by atomic mass is 31.2. The summed E-state index contributed by atoms with van der Waals surface area (Å²) in [7, 11) is -4.76. The summed E-state index contributed by atoms with van der Waals surface area (Å²) < 4.78 is 26.7. The van der Waals surface area contributed by atoms with Crippen molar-refractivity contribution in [1.29, 1.82) is 0 Å². The van der Waals surface area contributed by atoms with Crippen LogP contribution in [0.1, 0.15) is 155 Å². The van der Waals surface area contributed by atoms with Crippen LogP contribution in [0.25, 0.3) is 0 Å². The first kappa shape index (κ1) is 51.2. The fourth-order valence-electron chi connectivity index (χ4n) is 5.16. The molecule has 12 heteroatoms. The lowest BCUT2D eigenvalue weighted by molar-refractivity contribution is -0.147. The highest BCUT2D eigenvalue weighted by Crippen LogP contribution is 2.43. The zero-order valence-corrected chi connectivity index (χ0v) is 34.1. The number of nitrogens with one attached hydrogen (secondary N) is 1. The van der Waals surface area contributed by atoms with Crippen LogP contribution in [0.3, 0.4) is 0 Å². The molecule has 0 radical (unpaired) electrons.